The standard InChI is InChI=1S/C20H22ClN5O3/c1-4-29-17-9-8-12(10-14(17)21)15-11-16(26-20(22-15)23-24-25-26)13-6-5-7-18(27-2)19(13)28-3/h5-10,15-16H,4,11H2,1-3H3,(H,22,23,25)/t15-,16+/m0/s1. The Hall–Kier alpha value is -3.00. The van der Waals surface area contributed by atoms with E-state index in [1.165, 1.54) is 0 Å². The molecular formula is C20H22ClN5O3. The molecule has 0 fully saturated rings. The summed E-state index contributed by atoms with van der Waals surface area (Å²) in [6.07, 6.45) is 0.700. The largest absolute Gasteiger partial charge is 0.493 e. The molecule has 0 amide bonds. The molecule has 2 aromatic carbocycles. The average molecular weight is 416 g/mol. The van der Waals surface area contributed by atoms with Crippen LogP contribution in [0.4, 0.5) is 5.95 Å². The first-order valence-corrected chi connectivity index (χ1v) is 9.71. The van der Waals surface area contributed by atoms with Gasteiger partial charge in [-0.15, -0.1) is 0 Å². The van der Waals surface area contributed by atoms with Crippen molar-refractivity contribution in [3.05, 3.63) is 52.5 Å². The number of hydrogen-bond donors (Lipinski definition) is 1. The zero-order valence-electron chi connectivity index (χ0n) is 16.4. The number of hydrogen-bond acceptors (Lipinski definition) is 7. The van der Waals surface area contributed by atoms with E-state index in [1.54, 1.807) is 18.9 Å². The Labute approximate surface area is 173 Å². The van der Waals surface area contributed by atoms with Crippen molar-refractivity contribution in [1.82, 2.24) is 20.2 Å². The van der Waals surface area contributed by atoms with E-state index in [9.17, 15) is 0 Å². The average Bonchev–Trinajstić information content (AvgIpc) is 3.22. The number of para-hydroxylation sites is 1. The van der Waals surface area contributed by atoms with Gasteiger partial charge in [-0.3, -0.25) is 0 Å². The predicted octanol–water partition coefficient (Wildman–Crippen LogP) is 3.89. The van der Waals surface area contributed by atoms with Crippen molar-refractivity contribution in [2.75, 3.05) is 26.1 Å². The lowest BCUT2D eigenvalue weighted by atomic mass is 9.92. The summed E-state index contributed by atoms with van der Waals surface area (Å²) in [6.45, 7) is 2.49. The van der Waals surface area contributed by atoms with Gasteiger partial charge in [0, 0.05) is 5.56 Å². The molecule has 0 saturated heterocycles. The van der Waals surface area contributed by atoms with E-state index in [0.29, 0.717) is 41.2 Å². The number of ether oxygens (including phenoxy) is 3. The molecule has 2 atom stereocenters. The second-order valence-corrected chi connectivity index (χ2v) is 7.01. The Morgan fingerprint density at radius 3 is 2.76 bits per heavy atom. The lowest BCUT2D eigenvalue weighted by molar-refractivity contribution is 0.338. The summed E-state index contributed by atoms with van der Waals surface area (Å²) >= 11 is 6.41. The molecule has 8 nitrogen and oxygen atoms in total. The van der Waals surface area contributed by atoms with Gasteiger partial charge < -0.3 is 19.5 Å². The van der Waals surface area contributed by atoms with Crippen LogP contribution in [0.3, 0.4) is 0 Å². The van der Waals surface area contributed by atoms with Crippen LogP contribution in [0.5, 0.6) is 17.2 Å². The molecule has 0 radical (unpaired) electrons. The Balaban J connectivity index is 1.73. The number of methoxy groups -OCH3 is 2. The maximum Gasteiger partial charge on any atom is 0.243 e. The zero-order valence-corrected chi connectivity index (χ0v) is 17.2. The number of halogens is 1. The van der Waals surface area contributed by atoms with Gasteiger partial charge in [-0.05, 0) is 47.5 Å². The van der Waals surface area contributed by atoms with Gasteiger partial charge in [-0.25, -0.2) is 4.68 Å². The summed E-state index contributed by atoms with van der Waals surface area (Å²) in [5.41, 5.74) is 1.98. The van der Waals surface area contributed by atoms with Gasteiger partial charge in [0.2, 0.25) is 5.95 Å². The van der Waals surface area contributed by atoms with E-state index >= 15 is 0 Å². The molecule has 2 heterocycles. The van der Waals surface area contributed by atoms with Gasteiger partial charge in [0.25, 0.3) is 0 Å². The molecule has 1 N–H and O–H groups in total. The third-order valence-corrected chi connectivity index (χ3v) is 5.30. The van der Waals surface area contributed by atoms with Crippen LogP contribution in [0.15, 0.2) is 36.4 Å². The maximum absolute atomic E-state index is 6.41. The van der Waals surface area contributed by atoms with Crippen molar-refractivity contribution >= 4 is 17.5 Å². The van der Waals surface area contributed by atoms with Crippen LogP contribution < -0.4 is 19.5 Å². The van der Waals surface area contributed by atoms with E-state index in [1.807, 2.05) is 43.3 Å². The summed E-state index contributed by atoms with van der Waals surface area (Å²) in [5.74, 6) is 2.59. The second-order valence-electron chi connectivity index (χ2n) is 6.60. The molecule has 0 bridgehead atoms. The minimum atomic E-state index is -0.137. The van der Waals surface area contributed by atoms with Gasteiger partial charge in [-0.1, -0.05) is 34.9 Å². The highest BCUT2D eigenvalue weighted by Gasteiger charge is 2.33. The summed E-state index contributed by atoms with van der Waals surface area (Å²) in [4.78, 5) is 0. The maximum atomic E-state index is 6.41. The van der Waals surface area contributed by atoms with Crippen molar-refractivity contribution in [2.45, 2.75) is 25.4 Å². The lowest BCUT2D eigenvalue weighted by Gasteiger charge is -2.32. The van der Waals surface area contributed by atoms with Crippen molar-refractivity contribution in [3.8, 4) is 17.2 Å². The van der Waals surface area contributed by atoms with Crippen LogP contribution in [-0.4, -0.2) is 41.0 Å². The van der Waals surface area contributed by atoms with Crippen LogP contribution >= 0.6 is 11.6 Å². The smallest absolute Gasteiger partial charge is 0.243 e. The normalized spacial score (nSPS) is 17.9. The molecule has 152 valence electrons. The van der Waals surface area contributed by atoms with Crippen molar-refractivity contribution < 1.29 is 14.2 Å². The summed E-state index contributed by atoms with van der Waals surface area (Å²) in [5, 5.41) is 16.1. The molecule has 0 spiro atoms. The molecule has 1 aromatic heterocycles. The van der Waals surface area contributed by atoms with Crippen LogP contribution in [0.2, 0.25) is 5.02 Å². The fourth-order valence-corrected chi connectivity index (χ4v) is 3.94. The van der Waals surface area contributed by atoms with Gasteiger partial charge in [-0.2, -0.15) is 0 Å². The number of benzene rings is 2. The zero-order chi connectivity index (χ0) is 20.4. The summed E-state index contributed by atoms with van der Waals surface area (Å²) in [6, 6.07) is 11.5. The summed E-state index contributed by atoms with van der Waals surface area (Å²) < 4.78 is 18.4. The Morgan fingerprint density at radius 1 is 1.17 bits per heavy atom. The minimum Gasteiger partial charge on any atom is -0.493 e. The number of nitrogens with one attached hydrogen (secondary N) is 1. The number of rotatable bonds is 6. The van der Waals surface area contributed by atoms with Crippen LogP contribution in [0, 0.1) is 0 Å². The Bertz CT molecular complexity index is 1010. The van der Waals surface area contributed by atoms with E-state index in [4.69, 9.17) is 25.8 Å². The third-order valence-electron chi connectivity index (χ3n) is 5.00. The first-order chi connectivity index (χ1) is 14.2. The van der Waals surface area contributed by atoms with Gasteiger partial charge in [0.05, 0.1) is 37.9 Å². The highest BCUT2D eigenvalue weighted by atomic mass is 35.5. The fourth-order valence-electron chi connectivity index (χ4n) is 3.70. The van der Waals surface area contributed by atoms with Crippen molar-refractivity contribution in [3.63, 3.8) is 0 Å². The van der Waals surface area contributed by atoms with Gasteiger partial charge in [0.15, 0.2) is 11.5 Å². The SMILES string of the molecule is CCOc1ccc([C@@H]2C[C@H](c3cccc(OC)c3OC)n3nnnc3N2)cc1Cl. The second kappa shape index (κ2) is 8.16. The number of nitrogens with zero attached hydrogens (tertiary/aromatic N) is 4. The highest BCUT2D eigenvalue weighted by molar-refractivity contribution is 6.32. The highest BCUT2D eigenvalue weighted by Crippen LogP contribution is 2.43. The van der Waals surface area contributed by atoms with Gasteiger partial charge >= 0.3 is 0 Å². The van der Waals surface area contributed by atoms with Gasteiger partial charge in [0.1, 0.15) is 5.75 Å². The van der Waals surface area contributed by atoms with Crippen LogP contribution in [-0.2, 0) is 0 Å². The Morgan fingerprint density at radius 2 is 2.03 bits per heavy atom. The molecule has 4 rings (SSSR count). The van der Waals surface area contributed by atoms with Crippen LogP contribution in [0.1, 0.15) is 36.6 Å². The minimum absolute atomic E-state index is 0.0393. The first-order valence-electron chi connectivity index (χ1n) is 9.33. The number of tetrazole rings is 1. The molecule has 1 aliphatic heterocycles. The quantitative estimate of drug-likeness (QED) is 0.653. The third kappa shape index (κ3) is 3.55. The van der Waals surface area contributed by atoms with E-state index in [2.05, 4.69) is 20.8 Å². The van der Waals surface area contributed by atoms with E-state index in [0.717, 1.165) is 11.1 Å². The molecule has 0 saturated carbocycles. The van der Waals surface area contributed by atoms with Crippen LogP contribution in [0.25, 0.3) is 0 Å². The van der Waals surface area contributed by atoms with Crippen molar-refractivity contribution in [2.24, 2.45) is 0 Å². The Kier molecular flexibility index (Phi) is 5.44. The molecule has 0 aliphatic carbocycles. The monoisotopic (exact) mass is 415 g/mol. The molecule has 0 unspecified atom stereocenters. The fraction of sp³-hybridized carbons (Fsp3) is 0.350. The van der Waals surface area contributed by atoms with E-state index in [-0.39, 0.29) is 12.1 Å². The van der Waals surface area contributed by atoms with E-state index < -0.39 is 0 Å². The number of aromatic nitrogens is 4. The molecular weight excluding hydrogens is 394 g/mol. The molecule has 9 heteroatoms. The van der Waals surface area contributed by atoms with Crippen molar-refractivity contribution in [1.29, 1.82) is 0 Å². The lowest BCUT2D eigenvalue weighted by Crippen LogP contribution is -2.28. The topological polar surface area (TPSA) is 83.3 Å². The summed E-state index contributed by atoms with van der Waals surface area (Å²) in [7, 11) is 3.25. The molecule has 1 aliphatic rings. The first kappa shape index (κ1) is 19.3. The molecule has 29 heavy (non-hydrogen) atoms. The number of anilines is 1. The number of fused-ring (bicyclic) bond motifs is 1. The predicted molar refractivity (Wildman–Crippen MR) is 109 cm³/mol. The molecule has 3 aromatic rings.